The quantitative estimate of drug-likeness (QED) is 0.657. The van der Waals surface area contributed by atoms with E-state index < -0.39 is 0 Å². The van der Waals surface area contributed by atoms with Gasteiger partial charge in [0.1, 0.15) is 0 Å². The Labute approximate surface area is 82.9 Å². The summed E-state index contributed by atoms with van der Waals surface area (Å²) in [5.41, 5.74) is 0. The van der Waals surface area contributed by atoms with Gasteiger partial charge in [0.15, 0.2) is 0 Å². The number of hydrogen-bond acceptors (Lipinski definition) is 2. The summed E-state index contributed by atoms with van der Waals surface area (Å²) in [6.45, 7) is 6.98. The molecule has 0 aliphatic carbocycles. The van der Waals surface area contributed by atoms with E-state index in [1.165, 1.54) is 32.4 Å². The topological polar surface area (TPSA) is 6.48 Å². The Morgan fingerprint density at radius 3 is 2.54 bits per heavy atom. The van der Waals surface area contributed by atoms with E-state index in [2.05, 4.69) is 37.7 Å². The minimum atomic E-state index is 0.803. The molecule has 0 bridgehead atoms. The van der Waals surface area contributed by atoms with Gasteiger partial charge < -0.3 is 9.80 Å². The predicted molar refractivity (Wildman–Crippen MR) is 58.0 cm³/mol. The first kappa shape index (κ1) is 11.0. The molecule has 0 N–H and O–H groups in total. The fraction of sp³-hybridized carbons (Fsp3) is 1.00. The second kappa shape index (κ2) is 4.97. The van der Waals surface area contributed by atoms with Gasteiger partial charge in [-0.15, -0.1) is 0 Å². The molecule has 1 aliphatic rings. The summed E-state index contributed by atoms with van der Waals surface area (Å²) >= 11 is 0. The molecule has 0 aromatic rings. The average Bonchev–Trinajstić information content (AvgIpc) is 2.44. The summed E-state index contributed by atoms with van der Waals surface area (Å²) < 4.78 is 0. The molecule has 1 heterocycles. The van der Waals surface area contributed by atoms with Crippen molar-refractivity contribution in [3.63, 3.8) is 0 Å². The van der Waals surface area contributed by atoms with Gasteiger partial charge in [-0.3, -0.25) is 0 Å². The Morgan fingerprint density at radius 2 is 2.08 bits per heavy atom. The first-order chi connectivity index (χ1) is 6.15. The van der Waals surface area contributed by atoms with Crippen molar-refractivity contribution in [2.24, 2.45) is 0 Å². The Kier molecular flexibility index (Phi) is 4.20. The summed E-state index contributed by atoms with van der Waals surface area (Å²) in [5, 5.41) is 0. The van der Waals surface area contributed by atoms with E-state index in [1.54, 1.807) is 0 Å². The molecule has 13 heavy (non-hydrogen) atoms. The maximum atomic E-state index is 2.55. The zero-order chi connectivity index (χ0) is 9.84. The highest BCUT2D eigenvalue weighted by molar-refractivity contribution is 4.82. The Morgan fingerprint density at radius 1 is 1.38 bits per heavy atom. The molecule has 0 amide bonds. The van der Waals surface area contributed by atoms with Crippen LogP contribution in [0.1, 0.15) is 33.1 Å². The molecule has 1 aliphatic heterocycles. The molecule has 78 valence electrons. The first-order valence-electron chi connectivity index (χ1n) is 5.55. The van der Waals surface area contributed by atoms with Crippen molar-refractivity contribution in [1.29, 1.82) is 0 Å². The molecule has 0 aromatic heterocycles. The zero-order valence-electron chi connectivity index (χ0n) is 9.58. The highest BCUT2D eigenvalue weighted by Crippen LogP contribution is 2.23. The van der Waals surface area contributed by atoms with Crippen LogP contribution in [0, 0.1) is 0 Å². The van der Waals surface area contributed by atoms with E-state index in [9.17, 15) is 0 Å². The van der Waals surface area contributed by atoms with Gasteiger partial charge in [0, 0.05) is 12.1 Å². The SMILES string of the molecule is CCN(C)CCC1CCC(C)N1C. The summed E-state index contributed by atoms with van der Waals surface area (Å²) in [5.74, 6) is 0. The lowest BCUT2D eigenvalue weighted by atomic mass is 10.1. The van der Waals surface area contributed by atoms with E-state index in [4.69, 9.17) is 0 Å². The van der Waals surface area contributed by atoms with Crippen molar-refractivity contribution in [3.8, 4) is 0 Å². The van der Waals surface area contributed by atoms with Gasteiger partial charge in [0.2, 0.25) is 0 Å². The van der Waals surface area contributed by atoms with Gasteiger partial charge in [-0.25, -0.2) is 0 Å². The fourth-order valence-electron chi connectivity index (χ4n) is 2.08. The molecule has 2 heteroatoms. The standard InChI is InChI=1S/C11H24N2/c1-5-12(3)9-8-11-7-6-10(2)13(11)4/h10-11H,5-9H2,1-4H3. The molecule has 0 spiro atoms. The zero-order valence-corrected chi connectivity index (χ0v) is 9.58. The monoisotopic (exact) mass is 184 g/mol. The molecule has 2 nitrogen and oxygen atoms in total. The molecule has 2 atom stereocenters. The van der Waals surface area contributed by atoms with Crippen molar-refractivity contribution in [1.82, 2.24) is 9.80 Å². The van der Waals surface area contributed by atoms with Crippen LogP contribution in [0.3, 0.4) is 0 Å². The molecule has 0 aromatic carbocycles. The lowest BCUT2D eigenvalue weighted by molar-refractivity contribution is 0.220. The van der Waals surface area contributed by atoms with Gasteiger partial charge in [-0.05, 0) is 53.4 Å². The maximum Gasteiger partial charge on any atom is 0.0108 e. The van der Waals surface area contributed by atoms with E-state index in [0.717, 1.165) is 12.1 Å². The Balaban J connectivity index is 2.22. The van der Waals surface area contributed by atoms with Gasteiger partial charge in [-0.2, -0.15) is 0 Å². The summed E-state index contributed by atoms with van der Waals surface area (Å²) in [6, 6.07) is 1.64. The van der Waals surface area contributed by atoms with E-state index in [0.29, 0.717) is 0 Å². The highest BCUT2D eigenvalue weighted by Gasteiger charge is 2.26. The molecule has 2 unspecified atom stereocenters. The van der Waals surface area contributed by atoms with Crippen LogP contribution in [-0.2, 0) is 0 Å². The lowest BCUT2D eigenvalue weighted by Gasteiger charge is -2.25. The largest absolute Gasteiger partial charge is 0.307 e. The van der Waals surface area contributed by atoms with Crippen LogP contribution in [0.2, 0.25) is 0 Å². The minimum absolute atomic E-state index is 0.803. The molecule has 0 saturated carbocycles. The van der Waals surface area contributed by atoms with E-state index in [1.807, 2.05) is 0 Å². The Hall–Kier alpha value is -0.0800. The number of hydrogen-bond donors (Lipinski definition) is 0. The first-order valence-corrected chi connectivity index (χ1v) is 5.55. The maximum absolute atomic E-state index is 2.55. The second-order valence-corrected chi connectivity index (χ2v) is 4.43. The molecule has 1 fully saturated rings. The molecule has 1 saturated heterocycles. The summed E-state index contributed by atoms with van der Waals surface area (Å²) in [7, 11) is 4.48. The lowest BCUT2D eigenvalue weighted by Crippen LogP contribution is -2.33. The normalized spacial score (nSPS) is 30.2. The second-order valence-electron chi connectivity index (χ2n) is 4.43. The van der Waals surface area contributed by atoms with Crippen molar-refractivity contribution >= 4 is 0 Å². The third kappa shape index (κ3) is 2.96. The van der Waals surface area contributed by atoms with Crippen molar-refractivity contribution in [2.75, 3.05) is 27.2 Å². The van der Waals surface area contributed by atoms with Crippen LogP contribution >= 0.6 is 0 Å². The highest BCUT2D eigenvalue weighted by atomic mass is 15.2. The van der Waals surface area contributed by atoms with Crippen LogP contribution in [0.15, 0.2) is 0 Å². The summed E-state index contributed by atoms with van der Waals surface area (Å²) in [6.07, 6.45) is 4.12. The van der Waals surface area contributed by atoms with Crippen molar-refractivity contribution in [2.45, 2.75) is 45.2 Å². The van der Waals surface area contributed by atoms with E-state index in [-0.39, 0.29) is 0 Å². The van der Waals surface area contributed by atoms with Crippen LogP contribution in [0.25, 0.3) is 0 Å². The minimum Gasteiger partial charge on any atom is -0.307 e. The van der Waals surface area contributed by atoms with Gasteiger partial charge in [-0.1, -0.05) is 6.92 Å². The smallest absolute Gasteiger partial charge is 0.0108 e. The Bertz CT molecular complexity index is 147. The van der Waals surface area contributed by atoms with Crippen LogP contribution in [-0.4, -0.2) is 49.1 Å². The molecule has 1 rings (SSSR count). The molecule has 0 radical (unpaired) electrons. The fourth-order valence-corrected chi connectivity index (χ4v) is 2.08. The average molecular weight is 184 g/mol. The molecular weight excluding hydrogens is 160 g/mol. The predicted octanol–water partition coefficient (Wildman–Crippen LogP) is 1.81. The van der Waals surface area contributed by atoms with Crippen LogP contribution < -0.4 is 0 Å². The molecular formula is C11H24N2. The van der Waals surface area contributed by atoms with Crippen LogP contribution in [0.5, 0.6) is 0 Å². The van der Waals surface area contributed by atoms with E-state index >= 15 is 0 Å². The van der Waals surface area contributed by atoms with Crippen LogP contribution in [0.4, 0.5) is 0 Å². The number of rotatable bonds is 4. The summed E-state index contributed by atoms with van der Waals surface area (Å²) in [4.78, 5) is 4.94. The number of likely N-dealkylation sites (tertiary alicyclic amines) is 1. The van der Waals surface area contributed by atoms with Crippen molar-refractivity contribution in [3.05, 3.63) is 0 Å². The van der Waals surface area contributed by atoms with Gasteiger partial charge in [0.25, 0.3) is 0 Å². The third-order valence-electron chi connectivity index (χ3n) is 3.57. The third-order valence-corrected chi connectivity index (χ3v) is 3.57. The van der Waals surface area contributed by atoms with Gasteiger partial charge in [0.05, 0.1) is 0 Å². The van der Waals surface area contributed by atoms with Crippen molar-refractivity contribution < 1.29 is 0 Å². The number of nitrogens with zero attached hydrogens (tertiary/aromatic N) is 2. The van der Waals surface area contributed by atoms with Gasteiger partial charge >= 0.3 is 0 Å².